The van der Waals surface area contributed by atoms with Crippen molar-refractivity contribution in [3.8, 4) is 5.75 Å². The van der Waals surface area contributed by atoms with E-state index in [4.69, 9.17) is 9.47 Å². The molecule has 0 bridgehead atoms. The van der Waals surface area contributed by atoms with Crippen molar-refractivity contribution in [1.29, 1.82) is 0 Å². The first-order chi connectivity index (χ1) is 12.0. The van der Waals surface area contributed by atoms with E-state index in [9.17, 15) is 4.79 Å². The molecule has 6 nitrogen and oxygen atoms in total. The first-order valence-corrected chi connectivity index (χ1v) is 8.94. The lowest BCUT2D eigenvalue weighted by Gasteiger charge is -2.16. The number of amidine groups is 1. The van der Waals surface area contributed by atoms with E-state index in [1.165, 1.54) is 7.11 Å². The summed E-state index contributed by atoms with van der Waals surface area (Å²) in [6.07, 6.45) is 2.06. The molecule has 1 amide bonds. The number of carbonyl (C=O) groups excluding carboxylic acids is 1. The second-order valence-electron chi connectivity index (χ2n) is 6.02. The molecule has 0 unspecified atom stereocenters. The maximum absolute atomic E-state index is 12.3. The van der Waals surface area contributed by atoms with Crippen LogP contribution in [0.1, 0.15) is 44.0 Å². The number of quaternary nitrogens is 1. The van der Waals surface area contributed by atoms with E-state index in [1.54, 1.807) is 36.3 Å². The third-order valence-corrected chi connectivity index (χ3v) is 4.24. The first-order valence-electron chi connectivity index (χ1n) is 8.94. The normalized spacial score (nSPS) is 12.8. The molecule has 0 aliphatic carbocycles. The average molecular weight is 350 g/mol. The fraction of sp³-hybridized carbons (Fsp3) is 0.579. The van der Waals surface area contributed by atoms with Gasteiger partial charge in [-0.25, -0.2) is 4.99 Å². The van der Waals surface area contributed by atoms with Gasteiger partial charge in [0.2, 0.25) is 0 Å². The molecule has 140 valence electrons. The van der Waals surface area contributed by atoms with E-state index in [0.29, 0.717) is 11.3 Å². The number of carbonyl (C=O) groups is 1. The Hall–Kier alpha value is -2.08. The largest absolute Gasteiger partial charge is 0.497 e. The van der Waals surface area contributed by atoms with Crippen molar-refractivity contribution in [3.63, 3.8) is 0 Å². The van der Waals surface area contributed by atoms with Crippen LogP contribution in [-0.2, 0) is 4.74 Å². The molecule has 0 heterocycles. The maximum atomic E-state index is 12.3. The van der Waals surface area contributed by atoms with Crippen LogP contribution in [0.3, 0.4) is 0 Å². The molecule has 0 aliphatic heterocycles. The molecule has 1 aromatic rings. The molecule has 0 saturated carbocycles. The van der Waals surface area contributed by atoms with Gasteiger partial charge >= 0.3 is 0 Å². The van der Waals surface area contributed by atoms with Gasteiger partial charge in [-0.15, -0.1) is 0 Å². The molecule has 0 saturated heterocycles. The number of methoxy groups -OCH3 is 2. The monoisotopic (exact) mass is 350 g/mol. The minimum atomic E-state index is -0.265. The number of benzene rings is 1. The number of rotatable bonds is 9. The smallest absolute Gasteiger partial charge is 0.291 e. The standard InChI is InChI=1S/C19H31N3O3/c1-6-22(7-2)13-9-10-15(3)20-19(25-5)21-18(23)16-11-8-12-17(14-16)24-4/h8,11-12,14-15H,6-7,9-10,13H2,1-5H3,(H,20,21,23)/p+1/t15-/m0/s1. The number of ether oxygens (including phenoxy) is 2. The van der Waals surface area contributed by atoms with Gasteiger partial charge in [-0.1, -0.05) is 6.07 Å². The molecule has 0 aromatic heterocycles. The lowest BCUT2D eigenvalue weighted by atomic mass is 10.2. The Morgan fingerprint density at radius 2 is 2.00 bits per heavy atom. The maximum Gasteiger partial charge on any atom is 0.291 e. The molecular formula is C19H32N3O3+. The van der Waals surface area contributed by atoms with E-state index in [2.05, 4.69) is 24.2 Å². The van der Waals surface area contributed by atoms with Gasteiger partial charge in [0.05, 0.1) is 39.9 Å². The number of nitrogens with zero attached hydrogens (tertiary/aromatic N) is 1. The molecule has 1 aromatic carbocycles. The van der Waals surface area contributed by atoms with Crippen molar-refractivity contribution < 1.29 is 19.2 Å². The van der Waals surface area contributed by atoms with E-state index in [1.807, 2.05) is 6.92 Å². The van der Waals surface area contributed by atoms with Crippen molar-refractivity contribution in [2.75, 3.05) is 33.9 Å². The summed E-state index contributed by atoms with van der Waals surface area (Å²) in [4.78, 5) is 18.4. The molecule has 0 radical (unpaired) electrons. The van der Waals surface area contributed by atoms with Crippen LogP contribution in [0.25, 0.3) is 0 Å². The number of hydrogen-bond acceptors (Lipinski definition) is 4. The predicted octanol–water partition coefficient (Wildman–Crippen LogP) is 1.52. The summed E-state index contributed by atoms with van der Waals surface area (Å²) in [6.45, 7) is 9.89. The van der Waals surface area contributed by atoms with Crippen LogP contribution in [0, 0.1) is 0 Å². The summed E-state index contributed by atoms with van der Waals surface area (Å²) >= 11 is 0. The minimum Gasteiger partial charge on any atom is -0.497 e. The number of aliphatic imine (C=N–C) groups is 1. The zero-order chi connectivity index (χ0) is 18.7. The Balaban J connectivity index is 2.58. The van der Waals surface area contributed by atoms with Gasteiger partial charge in [0, 0.05) is 5.56 Å². The van der Waals surface area contributed by atoms with Crippen molar-refractivity contribution in [1.82, 2.24) is 5.32 Å². The van der Waals surface area contributed by atoms with Crippen molar-refractivity contribution >= 4 is 11.9 Å². The summed E-state index contributed by atoms with van der Waals surface area (Å²) < 4.78 is 10.4. The SMILES string of the molecule is CC[NH+](CC)CCC[C@H](C)N=C(NC(=O)c1cccc(OC)c1)OC. The molecule has 1 atom stereocenters. The van der Waals surface area contributed by atoms with E-state index in [-0.39, 0.29) is 18.0 Å². The lowest BCUT2D eigenvalue weighted by Crippen LogP contribution is -3.11. The highest BCUT2D eigenvalue weighted by atomic mass is 16.5. The first kappa shape index (κ1) is 21.0. The van der Waals surface area contributed by atoms with Crippen molar-refractivity contribution in [2.24, 2.45) is 4.99 Å². The van der Waals surface area contributed by atoms with E-state index in [0.717, 1.165) is 32.5 Å². The zero-order valence-electron chi connectivity index (χ0n) is 16.1. The molecule has 0 aliphatic rings. The summed E-state index contributed by atoms with van der Waals surface area (Å²) in [5.74, 6) is 0.370. The van der Waals surface area contributed by atoms with E-state index >= 15 is 0 Å². The molecular weight excluding hydrogens is 318 g/mol. The Bertz CT molecular complexity index is 557. The number of amides is 1. The molecule has 6 heteroatoms. The summed E-state index contributed by atoms with van der Waals surface area (Å²) in [5.41, 5.74) is 0.502. The summed E-state index contributed by atoms with van der Waals surface area (Å²) in [7, 11) is 3.08. The fourth-order valence-electron chi connectivity index (χ4n) is 2.59. The third kappa shape index (κ3) is 7.56. The highest BCUT2D eigenvalue weighted by Crippen LogP contribution is 2.12. The molecule has 0 fully saturated rings. The Morgan fingerprint density at radius 3 is 2.60 bits per heavy atom. The van der Waals surface area contributed by atoms with Crippen molar-refractivity contribution in [3.05, 3.63) is 29.8 Å². The second kappa shape index (κ2) is 11.5. The lowest BCUT2D eigenvalue weighted by molar-refractivity contribution is -0.896. The molecule has 25 heavy (non-hydrogen) atoms. The van der Waals surface area contributed by atoms with Crippen LogP contribution < -0.4 is 15.0 Å². The number of nitrogens with one attached hydrogen (secondary N) is 2. The van der Waals surface area contributed by atoms with Gasteiger partial charge in [-0.3, -0.25) is 10.1 Å². The molecule has 1 rings (SSSR count). The zero-order valence-corrected chi connectivity index (χ0v) is 16.1. The van der Waals surface area contributed by atoms with Gasteiger partial charge in [-0.05, 0) is 51.8 Å². The van der Waals surface area contributed by atoms with Crippen LogP contribution in [0.2, 0.25) is 0 Å². The topological polar surface area (TPSA) is 64.4 Å². The van der Waals surface area contributed by atoms with Gasteiger partial charge < -0.3 is 14.4 Å². The summed E-state index contributed by atoms with van der Waals surface area (Å²) in [6, 6.07) is 7.31. The van der Waals surface area contributed by atoms with Crippen LogP contribution in [0.15, 0.2) is 29.3 Å². The third-order valence-electron chi connectivity index (χ3n) is 4.24. The highest BCUT2D eigenvalue weighted by molar-refractivity contribution is 6.04. The van der Waals surface area contributed by atoms with Crippen LogP contribution in [-0.4, -0.2) is 51.8 Å². The highest BCUT2D eigenvalue weighted by Gasteiger charge is 2.12. The average Bonchev–Trinajstić information content (AvgIpc) is 2.64. The van der Waals surface area contributed by atoms with Crippen LogP contribution in [0.4, 0.5) is 0 Å². The fourth-order valence-corrected chi connectivity index (χ4v) is 2.59. The summed E-state index contributed by atoms with van der Waals surface area (Å²) in [5, 5.41) is 2.71. The Labute approximate surface area is 151 Å². The van der Waals surface area contributed by atoms with Crippen LogP contribution in [0.5, 0.6) is 5.75 Å². The van der Waals surface area contributed by atoms with Crippen LogP contribution >= 0.6 is 0 Å². The Kier molecular flexibility index (Phi) is 9.62. The molecule has 2 N–H and O–H groups in total. The van der Waals surface area contributed by atoms with Gasteiger partial charge in [0.1, 0.15) is 5.75 Å². The second-order valence-corrected chi connectivity index (χ2v) is 6.02. The van der Waals surface area contributed by atoms with Gasteiger partial charge in [-0.2, -0.15) is 0 Å². The Morgan fingerprint density at radius 1 is 1.28 bits per heavy atom. The molecule has 0 spiro atoms. The minimum absolute atomic E-state index is 0.0931. The van der Waals surface area contributed by atoms with Gasteiger partial charge in [0.25, 0.3) is 11.9 Å². The van der Waals surface area contributed by atoms with Crippen molar-refractivity contribution in [2.45, 2.75) is 39.7 Å². The predicted molar refractivity (Wildman–Crippen MR) is 101 cm³/mol. The van der Waals surface area contributed by atoms with Gasteiger partial charge in [0.15, 0.2) is 0 Å². The number of hydrogen-bond donors (Lipinski definition) is 2. The van der Waals surface area contributed by atoms with E-state index < -0.39 is 0 Å². The quantitative estimate of drug-likeness (QED) is 0.524.